The molecule has 0 bridgehead atoms. The summed E-state index contributed by atoms with van der Waals surface area (Å²) in [4.78, 5) is 27.3. The van der Waals surface area contributed by atoms with Crippen molar-refractivity contribution >= 4 is 27.7 Å². The minimum Gasteiger partial charge on any atom is -0.274 e. The molecular formula is C9H9N3O4S. The minimum atomic E-state index is -3.82. The average molecular weight is 255 g/mol. The number of primary sulfonamides is 1. The van der Waals surface area contributed by atoms with E-state index in [9.17, 15) is 18.0 Å². The Morgan fingerprint density at radius 2 is 1.76 bits per heavy atom. The molecule has 0 atom stereocenters. The van der Waals surface area contributed by atoms with Gasteiger partial charge < -0.3 is 0 Å². The number of aromatic nitrogens is 1. The van der Waals surface area contributed by atoms with E-state index in [2.05, 4.69) is 4.98 Å². The maximum Gasteiger partial charge on any atom is 0.239 e. The molecule has 1 saturated heterocycles. The monoisotopic (exact) mass is 255 g/mol. The lowest BCUT2D eigenvalue weighted by Gasteiger charge is -2.12. The lowest BCUT2D eigenvalue weighted by molar-refractivity contribution is -0.121. The summed E-state index contributed by atoms with van der Waals surface area (Å²) in [6.07, 6.45) is 1.32. The van der Waals surface area contributed by atoms with Gasteiger partial charge in [-0.3, -0.25) is 9.59 Å². The van der Waals surface area contributed by atoms with Gasteiger partial charge >= 0.3 is 0 Å². The van der Waals surface area contributed by atoms with Crippen LogP contribution in [0, 0.1) is 0 Å². The zero-order chi connectivity index (χ0) is 12.6. The molecule has 0 saturated carbocycles. The van der Waals surface area contributed by atoms with Gasteiger partial charge in [0.25, 0.3) is 0 Å². The van der Waals surface area contributed by atoms with E-state index in [0.717, 1.165) is 11.1 Å². The molecule has 0 aliphatic carbocycles. The first kappa shape index (κ1) is 11.7. The van der Waals surface area contributed by atoms with E-state index in [1.807, 2.05) is 0 Å². The van der Waals surface area contributed by atoms with Crippen molar-refractivity contribution in [2.75, 3.05) is 4.90 Å². The number of carbonyl (C=O) groups excluding carboxylic acids is 2. The van der Waals surface area contributed by atoms with Gasteiger partial charge in [0.1, 0.15) is 10.7 Å². The second-order valence-electron chi connectivity index (χ2n) is 3.52. The molecule has 0 aromatic carbocycles. The number of hydrogen-bond acceptors (Lipinski definition) is 5. The Labute approximate surface area is 97.3 Å². The smallest absolute Gasteiger partial charge is 0.239 e. The second kappa shape index (κ2) is 3.90. The highest BCUT2D eigenvalue weighted by Gasteiger charge is 2.31. The van der Waals surface area contributed by atoms with Crippen LogP contribution in [-0.2, 0) is 19.6 Å². The molecule has 90 valence electrons. The molecule has 1 fully saturated rings. The fourth-order valence-corrected chi connectivity index (χ4v) is 1.96. The number of imide groups is 1. The maximum absolute atomic E-state index is 11.4. The van der Waals surface area contributed by atoms with Crippen LogP contribution in [-0.4, -0.2) is 25.2 Å². The van der Waals surface area contributed by atoms with Crippen LogP contribution in [0.25, 0.3) is 0 Å². The van der Waals surface area contributed by atoms with Crippen molar-refractivity contribution in [3.63, 3.8) is 0 Å². The Hall–Kier alpha value is -1.80. The summed E-state index contributed by atoms with van der Waals surface area (Å²) in [7, 11) is -3.82. The number of rotatable bonds is 2. The molecule has 1 aliphatic rings. The third-order valence-corrected chi connectivity index (χ3v) is 3.23. The normalized spacial score (nSPS) is 16.6. The molecular weight excluding hydrogens is 246 g/mol. The molecule has 2 amide bonds. The summed E-state index contributed by atoms with van der Waals surface area (Å²) in [5, 5.41) is 4.90. The van der Waals surface area contributed by atoms with Crippen LogP contribution in [0.2, 0.25) is 0 Å². The van der Waals surface area contributed by atoms with Crippen molar-refractivity contribution in [2.45, 2.75) is 17.7 Å². The van der Waals surface area contributed by atoms with E-state index in [1.165, 1.54) is 12.1 Å². The standard InChI is InChI=1S/C9H9N3O4S/c10-17(15,16)6-1-2-7(11-5-6)12-8(13)3-4-9(12)14/h1-2,5H,3-4H2,(H2,10,15,16). The number of pyridine rings is 1. The van der Waals surface area contributed by atoms with Crippen molar-refractivity contribution in [2.24, 2.45) is 5.14 Å². The summed E-state index contributed by atoms with van der Waals surface area (Å²) < 4.78 is 22.0. The number of nitrogens with two attached hydrogens (primary N) is 1. The first-order chi connectivity index (χ1) is 7.89. The van der Waals surface area contributed by atoms with Crippen LogP contribution in [0.1, 0.15) is 12.8 Å². The van der Waals surface area contributed by atoms with Crippen molar-refractivity contribution in [3.05, 3.63) is 18.3 Å². The van der Waals surface area contributed by atoms with Crippen LogP contribution in [0.3, 0.4) is 0 Å². The second-order valence-corrected chi connectivity index (χ2v) is 5.08. The van der Waals surface area contributed by atoms with Crippen LogP contribution in [0.4, 0.5) is 5.82 Å². The largest absolute Gasteiger partial charge is 0.274 e. The summed E-state index contributed by atoms with van der Waals surface area (Å²) in [6.45, 7) is 0. The van der Waals surface area contributed by atoms with Gasteiger partial charge in [0, 0.05) is 19.0 Å². The number of nitrogens with zero attached hydrogens (tertiary/aromatic N) is 2. The Morgan fingerprint density at radius 1 is 1.18 bits per heavy atom. The van der Waals surface area contributed by atoms with Gasteiger partial charge in [0.15, 0.2) is 0 Å². The summed E-state index contributed by atoms with van der Waals surface area (Å²) in [6, 6.07) is 2.48. The average Bonchev–Trinajstić information content (AvgIpc) is 2.58. The van der Waals surface area contributed by atoms with Crippen LogP contribution in [0.5, 0.6) is 0 Å². The molecule has 0 radical (unpaired) electrons. The molecule has 0 unspecified atom stereocenters. The third-order valence-electron chi connectivity index (χ3n) is 2.33. The Balaban J connectivity index is 2.36. The topological polar surface area (TPSA) is 110 Å². The number of amides is 2. The number of sulfonamides is 1. The zero-order valence-electron chi connectivity index (χ0n) is 8.66. The Bertz CT molecular complexity index is 563. The summed E-state index contributed by atoms with van der Waals surface area (Å²) in [5.74, 6) is -0.568. The van der Waals surface area contributed by atoms with E-state index in [-0.39, 0.29) is 35.4 Å². The highest BCUT2D eigenvalue weighted by atomic mass is 32.2. The van der Waals surface area contributed by atoms with E-state index in [4.69, 9.17) is 5.14 Å². The molecule has 7 nitrogen and oxygen atoms in total. The maximum atomic E-state index is 11.4. The molecule has 2 N–H and O–H groups in total. The van der Waals surface area contributed by atoms with Crippen LogP contribution in [0.15, 0.2) is 23.2 Å². The fourth-order valence-electron chi connectivity index (χ4n) is 1.51. The number of anilines is 1. The van der Waals surface area contributed by atoms with E-state index >= 15 is 0 Å². The molecule has 2 rings (SSSR count). The molecule has 2 heterocycles. The zero-order valence-corrected chi connectivity index (χ0v) is 9.48. The van der Waals surface area contributed by atoms with Crippen LogP contribution < -0.4 is 10.0 Å². The van der Waals surface area contributed by atoms with E-state index in [0.29, 0.717) is 0 Å². The van der Waals surface area contributed by atoms with Crippen LogP contribution >= 0.6 is 0 Å². The summed E-state index contributed by atoms with van der Waals surface area (Å²) >= 11 is 0. The third kappa shape index (κ3) is 2.17. The Kier molecular flexibility index (Phi) is 2.68. The predicted octanol–water partition coefficient (Wildman–Crippen LogP) is -0.618. The fraction of sp³-hybridized carbons (Fsp3) is 0.222. The number of carbonyl (C=O) groups is 2. The van der Waals surface area contributed by atoms with Crippen molar-refractivity contribution < 1.29 is 18.0 Å². The predicted molar refractivity (Wildman–Crippen MR) is 57.3 cm³/mol. The van der Waals surface area contributed by atoms with E-state index < -0.39 is 10.0 Å². The number of hydrogen-bond donors (Lipinski definition) is 1. The summed E-state index contributed by atoms with van der Waals surface area (Å²) in [5.41, 5.74) is 0. The Morgan fingerprint density at radius 3 is 2.18 bits per heavy atom. The molecule has 1 aromatic rings. The molecule has 0 spiro atoms. The van der Waals surface area contributed by atoms with Crippen molar-refractivity contribution in [3.8, 4) is 0 Å². The van der Waals surface area contributed by atoms with Gasteiger partial charge in [-0.1, -0.05) is 0 Å². The van der Waals surface area contributed by atoms with Gasteiger partial charge in [-0.05, 0) is 12.1 Å². The highest BCUT2D eigenvalue weighted by molar-refractivity contribution is 7.89. The lowest BCUT2D eigenvalue weighted by Crippen LogP contribution is -2.29. The SMILES string of the molecule is NS(=O)(=O)c1ccc(N2C(=O)CCC2=O)nc1. The van der Waals surface area contributed by atoms with Gasteiger partial charge in [-0.15, -0.1) is 0 Å². The molecule has 17 heavy (non-hydrogen) atoms. The minimum absolute atomic E-state index is 0.116. The van der Waals surface area contributed by atoms with Gasteiger partial charge in [0.2, 0.25) is 21.8 Å². The van der Waals surface area contributed by atoms with Crippen molar-refractivity contribution in [1.29, 1.82) is 0 Å². The van der Waals surface area contributed by atoms with Gasteiger partial charge in [0.05, 0.1) is 0 Å². The first-order valence-corrected chi connectivity index (χ1v) is 6.29. The molecule has 1 aromatic heterocycles. The van der Waals surface area contributed by atoms with Gasteiger partial charge in [-0.2, -0.15) is 0 Å². The molecule has 1 aliphatic heterocycles. The van der Waals surface area contributed by atoms with E-state index in [1.54, 1.807) is 0 Å². The first-order valence-electron chi connectivity index (χ1n) is 4.74. The highest BCUT2D eigenvalue weighted by Crippen LogP contribution is 2.20. The molecule has 8 heteroatoms. The van der Waals surface area contributed by atoms with Crippen molar-refractivity contribution in [1.82, 2.24) is 4.98 Å². The lowest BCUT2D eigenvalue weighted by atomic mass is 10.4. The quantitative estimate of drug-likeness (QED) is 0.708. The van der Waals surface area contributed by atoms with Gasteiger partial charge in [-0.25, -0.2) is 23.4 Å².